The highest BCUT2D eigenvalue weighted by Crippen LogP contribution is 2.33. The molecule has 1 N–H and O–H groups in total. The number of rotatable bonds is 13. The molecule has 2 heterocycles. The van der Waals surface area contributed by atoms with Gasteiger partial charge in [-0.2, -0.15) is 0 Å². The zero-order valence-corrected chi connectivity index (χ0v) is 28.5. The first-order valence-corrected chi connectivity index (χ1v) is 15.5. The van der Waals surface area contributed by atoms with Crippen molar-refractivity contribution in [1.82, 2.24) is 0 Å². The first-order valence-electron chi connectivity index (χ1n) is 15.5. The van der Waals surface area contributed by atoms with Crippen LogP contribution in [0.15, 0.2) is 30.3 Å². The molecule has 1 aromatic rings. The lowest BCUT2D eigenvalue weighted by Crippen LogP contribution is -2.65. The van der Waals surface area contributed by atoms with Gasteiger partial charge in [-0.05, 0) is 12.1 Å². The van der Waals surface area contributed by atoms with Crippen LogP contribution in [0, 0.1) is 0 Å². The van der Waals surface area contributed by atoms with Gasteiger partial charge in [0.2, 0.25) is 0 Å². The van der Waals surface area contributed by atoms with Gasteiger partial charge in [-0.3, -0.25) is 33.6 Å². The monoisotopic (exact) mass is 711 g/mol. The average Bonchev–Trinajstić information content (AvgIpc) is 3.00. The lowest BCUT2D eigenvalue weighted by molar-refractivity contribution is -0.318. The van der Waals surface area contributed by atoms with Crippen LogP contribution >= 0.6 is 0 Å². The number of hydrogen-bond donors (Lipinski definition) is 1. The molecule has 0 amide bonds. The Balaban J connectivity index is 2.05. The third-order valence-corrected chi connectivity index (χ3v) is 7.00. The van der Waals surface area contributed by atoms with E-state index in [1.54, 1.807) is 30.3 Å². The van der Waals surface area contributed by atoms with E-state index in [1.165, 1.54) is 0 Å². The second-order valence-electron chi connectivity index (χ2n) is 11.2. The number of carbonyl (C=O) groups excluding carboxylic acids is 7. The van der Waals surface area contributed by atoms with Crippen molar-refractivity contribution in [3.63, 3.8) is 0 Å². The minimum absolute atomic E-state index is 0.505. The van der Waals surface area contributed by atoms with Gasteiger partial charge in [0.05, 0.1) is 6.61 Å². The largest absolute Gasteiger partial charge is 0.463 e. The summed E-state index contributed by atoms with van der Waals surface area (Å²) >= 11 is 0. The van der Waals surface area contributed by atoms with Gasteiger partial charge in [0.1, 0.15) is 18.8 Å². The topological polar surface area (TPSA) is 224 Å². The van der Waals surface area contributed by atoms with E-state index in [0.717, 1.165) is 48.5 Å². The SMILES string of the molecule is CC(=O)OC[C@H]1OC(OCC2OC(Nc3ccccc3)C(OC(C)=O)C(OC(C)=O)C2OC(C)=O)[C@H](OC(C)=O)[C@@H](OC(C)=O)[C@@H]1OC(C)=O. The third kappa shape index (κ3) is 11.7. The summed E-state index contributed by atoms with van der Waals surface area (Å²) in [4.78, 5) is 85.0. The molecule has 50 heavy (non-hydrogen) atoms. The molecule has 3 rings (SSSR count). The van der Waals surface area contributed by atoms with E-state index in [0.29, 0.717) is 5.69 Å². The summed E-state index contributed by atoms with van der Waals surface area (Å²) in [5.74, 6) is -5.62. The maximum atomic E-state index is 12.3. The van der Waals surface area contributed by atoms with Gasteiger partial charge in [-0.25, -0.2) is 0 Å². The molecule has 18 nitrogen and oxygen atoms in total. The molecule has 0 saturated carbocycles. The molecular formula is C32H41NO17. The third-order valence-electron chi connectivity index (χ3n) is 7.00. The first-order chi connectivity index (χ1) is 23.5. The number of ether oxygens (including phenoxy) is 10. The first kappa shape index (κ1) is 39.6. The van der Waals surface area contributed by atoms with Gasteiger partial charge in [-0.1, -0.05) is 18.2 Å². The molecule has 2 aliphatic rings. The van der Waals surface area contributed by atoms with E-state index in [4.69, 9.17) is 47.4 Å². The van der Waals surface area contributed by atoms with Crippen molar-refractivity contribution in [2.45, 2.75) is 110 Å². The smallest absolute Gasteiger partial charge is 0.303 e. The summed E-state index contributed by atoms with van der Waals surface area (Å²) in [6.45, 7) is 6.61. The lowest BCUT2D eigenvalue weighted by atomic mass is 9.96. The predicted molar refractivity (Wildman–Crippen MR) is 163 cm³/mol. The Labute approximate surface area is 287 Å². The highest BCUT2D eigenvalue weighted by Gasteiger charge is 2.55. The Kier molecular flexibility index (Phi) is 14.5. The van der Waals surface area contributed by atoms with E-state index in [9.17, 15) is 33.6 Å². The van der Waals surface area contributed by atoms with Crippen molar-refractivity contribution in [2.75, 3.05) is 18.5 Å². The van der Waals surface area contributed by atoms with E-state index < -0.39 is 116 Å². The maximum Gasteiger partial charge on any atom is 0.303 e. The number of esters is 7. The van der Waals surface area contributed by atoms with E-state index >= 15 is 0 Å². The van der Waals surface area contributed by atoms with Gasteiger partial charge < -0.3 is 52.7 Å². The highest BCUT2D eigenvalue weighted by atomic mass is 16.7. The van der Waals surface area contributed by atoms with Crippen molar-refractivity contribution in [1.29, 1.82) is 0 Å². The average molecular weight is 712 g/mol. The Morgan fingerprint density at radius 3 is 1.42 bits per heavy atom. The second-order valence-corrected chi connectivity index (χ2v) is 11.2. The van der Waals surface area contributed by atoms with Crippen LogP contribution < -0.4 is 5.32 Å². The Hall–Kier alpha value is -4.81. The van der Waals surface area contributed by atoms with Gasteiger partial charge in [0.15, 0.2) is 49.1 Å². The van der Waals surface area contributed by atoms with Gasteiger partial charge in [0, 0.05) is 54.2 Å². The maximum absolute atomic E-state index is 12.3. The zero-order valence-electron chi connectivity index (χ0n) is 28.5. The summed E-state index contributed by atoms with van der Waals surface area (Å²) in [6.07, 6.45) is -14.2. The van der Waals surface area contributed by atoms with E-state index in [-0.39, 0.29) is 0 Å². The van der Waals surface area contributed by atoms with Crippen LogP contribution in [0.2, 0.25) is 0 Å². The molecule has 0 bridgehead atoms. The minimum atomic E-state index is -1.61. The summed E-state index contributed by atoms with van der Waals surface area (Å²) in [5, 5.41) is 3.06. The summed E-state index contributed by atoms with van der Waals surface area (Å²) in [7, 11) is 0. The molecule has 10 atom stereocenters. The fourth-order valence-corrected chi connectivity index (χ4v) is 5.36. The molecule has 0 spiro atoms. The number of carbonyl (C=O) groups is 7. The van der Waals surface area contributed by atoms with Crippen LogP contribution in [0.4, 0.5) is 5.69 Å². The van der Waals surface area contributed by atoms with Crippen LogP contribution in [-0.4, -0.2) is 116 Å². The van der Waals surface area contributed by atoms with Crippen LogP contribution in [0.25, 0.3) is 0 Å². The number of hydrogen-bond acceptors (Lipinski definition) is 18. The molecule has 2 aliphatic heterocycles. The van der Waals surface area contributed by atoms with Crippen LogP contribution in [0.1, 0.15) is 48.5 Å². The van der Waals surface area contributed by atoms with Crippen LogP contribution in [0.5, 0.6) is 0 Å². The van der Waals surface area contributed by atoms with E-state index in [2.05, 4.69) is 5.32 Å². The number of para-hydroxylation sites is 1. The fraction of sp³-hybridized carbons (Fsp3) is 0.594. The molecule has 1 aromatic carbocycles. The molecule has 0 aromatic heterocycles. The van der Waals surface area contributed by atoms with E-state index in [1.807, 2.05) is 0 Å². The highest BCUT2D eigenvalue weighted by molar-refractivity contribution is 5.70. The van der Waals surface area contributed by atoms with Crippen molar-refractivity contribution in [3.8, 4) is 0 Å². The van der Waals surface area contributed by atoms with Crippen LogP contribution in [-0.2, 0) is 80.9 Å². The molecule has 6 unspecified atom stereocenters. The molecule has 0 aliphatic carbocycles. The number of nitrogens with one attached hydrogen (secondary N) is 1. The molecule has 18 heteroatoms. The van der Waals surface area contributed by atoms with Crippen molar-refractivity contribution in [2.24, 2.45) is 0 Å². The molecule has 0 radical (unpaired) electrons. The zero-order chi connectivity index (χ0) is 37.1. The standard InChI is InChI=1S/C32H41NO17/c1-15(34)41-13-24-26(44-17(3)36)28(46-19(5)38)30(48-21(7)40)32(50-24)42-14-23-25(43-16(2)35)27(45-18(4)37)29(47-20(6)39)31(49-23)33-22-11-9-8-10-12-22/h8-12,23-33H,13-14H2,1-7H3/t23?,24-,25?,26-,27?,28+,29?,30-,31?,32?/m1/s1. The quantitative estimate of drug-likeness (QED) is 0.220. The number of benzene rings is 1. The predicted octanol–water partition coefficient (Wildman–Crippen LogP) is 0.718. The second kappa shape index (κ2) is 18.3. The summed E-state index contributed by atoms with van der Waals surface area (Å²) < 4.78 is 56.2. The number of anilines is 1. The van der Waals surface area contributed by atoms with Crippen molar-refractivity contribution >= 4 is 47.5 Å². The molecular weight excluding hydrogens is 670 g/mol. The summed E-state index contributed by atoms with van der Waals surface area (Å²) in [5.41, 5.74) is 0.515. The Bertz CT molecular complexity index is 1390. The van der Waals surface area contributed by atoms with Crippen molar-refractivity contribution < 1.29 is 80.9 Å². The lowest BCUT2D eigenvalue weighted by Gasteiger charge is -2.46. The molecule has 276 valence electrons. The minimum Gasteiger partial charge on any atom is -0.463 e. The fourth-order valence-electron chi connectivity index (χ4n) is 5.36. The molecule has 2 fully saturated rings. The normalized spacial score (nSPS) is 28.9. The Morgan fingerprint density at radius 1 is 0.520 bits per heavy atom. The van der Waals surface area contributed by atoms with Gasteiger partial charge >= 0.3 is 41.8 Å². The summed E-state index contributed by atoms with van der Waals surface area (Å²) in [6, 6.07) is 8.59. The van der Waals surface area contributed by atoms with Gasteiger partial charge in [0.25, 0.3) is 0 Å². The van der Waals surface area contributed by atoms with Crippen LogP contribution in [0.3, 0.4) is 0 Å². The van der Waals surface area contributed by atoms with Gasteiger partial charge in [-0.15, -0.1) is 0 Å². The Morgan fingerprint density at radius 2 is 0.940 bits per heavy atom. The molecule has 2 saturated heterocycles. The van der Waals surface area contributed by atoms with Crippen molar-refractivity contribution in [3.05, 3.63) is 30.3 Å².